The molecule has 0 amide bonds. The monoisotopic (exact) mass is 666 g/mol. The Morgan fingerprint density at radius 3 is 1.65 bits per heavy atom. The molecule has 6 fully saturated rings. The van der Waals surface area contributed by atoms with Crippen LogP contribution in [0.1, 0.15) is 103 Å². The molecule has 1 N–H and O–H groups in total. The van der Waals surface area contributed by atoms with E-state index in [1.807, 2.05) is 30.3 Å². The van der Waals surface area contributed by atoms with Crippen LogP contribution in [0.3, 0.4) is 0 Å². The number of fused-ring (bicyclic) bond motifs is 7. The Morgan fingerprint density at radius 1 is 0.652 bits per heavy atom. The fourth-order valence-electron chi connectivity index (χ4n) is 9.47. The molecule has 9 rings (SSSR count). The maximum atomic E-state index is 14.7. The van der Waals surface area contributed by atoms with Gasteiger partial charge in [0.1, 0.15) is 4.90 Å². The van der Waals surface area contributed by atoms with Crippen molar-refractivity contribution in [2.24, 2.45) is 0 Å². The Hall–Kier alpha value is -2.38. The molecule has 10 atom stereocenters. The molecule has 0 aliphatic carbocycles. The number of hydrogen-bond acceptors (Lipinski definition) is 8. The summed E-state index contributed by atoms with van der Waals surface area (Å²) in [6, 6.07) is 16.1. The molecule has 6 aliphatic heterocycles. The second-order valence-corrected chi connectivity index (χ2v) is 17.1. The van der Waals surface area contributed by atoms with Crippen molar-refractivity contribution in [2.45, 2.75) is 122 Å². The maximum absolute atomic E-state index is 14.7. The van der Waals surface area contributed by atoms with E-state index in [9.17, 15) is 21.4 Å². The predicted molar refractivity (Wildman–Crippen MR) is 169 cm³/mol. The first-order valence-electron chi connectivity index (χ1n) is 16.6. The van der Waals surface area contributed by atoms with E-state index in [4.69, 9.17) is 18.4 Å². The highest BCUT2D eigenvalue weighted by Gasteiger charge is 2.50. The second-order valence-electron chi connectivity index (χ2n) is 14.2. The molecule has 3 aromatic carbocycles. The van der Waals surface area contributed by atoms with Crippen LogP contribution in [0, 0.1) is 0 Å². The Bertz CT molecular complexity index is 1880. The highest BCUT2D eigenvalue weighted by molar-refractivity contribution is 7.89. The highest BCUT2D eigenvalue weighted by atomic mass is 32.2. The molecule has 10 unspecified atom stereocenters. The fourth-order valence-corrected chi connectivity index (χ4v) is 12.1. The van der Waals surface area contributed by atoms with Gasteiger partial charge in [0, 0.05) is 23.3 Å². The van der Waals surface area contributed by atoms with Crippen LogP contribution in [-0.2, 0) is 38.6 Å². The van der Waals surface area contributed by atoms with Gasteiger partial charge in [-0.1, -0.05) is 48.5 Å². The average molecular weight is 667 g/mol. The molecule has 9 nitrogen and oxygen atoms in total. The fraction of sp³-hybridized carbons (Fsp3) is 0.543. The third-order valence-electron chi connectivity index (χ3n) is 11.5. The summed E-state index contributed by atoms with van der Waals surface area (Å²) < 4.78 is 90.2. The number of benzene rings is 3. The smallest absolute Gasteiger partial charge is 0.299 e. The lowest BCUT2D eigenvalue weighted by molar-refractivity contribution is 0.0995. The third-order valence-corrected chi connectivity index (χ3v) is 13.9. The first-order chi connectivity index (χ1) is 22.1. The standard InChI is InChI=1S/C35H38O9S2/c36-45(37,38)35(21-6-5-19-3-1-2-4-20(19)13-21)44-46(39,40)34-29(27-17-24-8-11-32(27)42-24)14-22(26-16-23-7-10-31(26)41-23)15-30(34)28-18-25-9-12-33(28)43-25/h1-6,13-15,23-28,31-33,35H,7-12,16-18H2,(H,36,37,38). The SMILES string of the molecule is O=S(=O)(OC(c1ccc2ccccc2c1)S(=O)(=O)O)c1c(C2CC3CCC2O3)cc(C2CC3CCC2O3)cc1C1CC2CCC1O2. The van der Waals surface area contributed by atoms with Gasteiger partial charge in [0.15, 0.2) is 0 Å². The quantitative estimate of drug-likeness (QED) is 0.220. The van der Waals surface area contributed by atoms with E-state index < -0.39 is 25.7 Å². The maximum Gasteiger partial charge on any atom is 0.299 e. The summed E-state index contributed by atoms with van der Waals surface area (Å²) in [5.74, 6) is -0.180. The first kappa shape index (κ1) is 29.7. The van der Waals surface area contributed by atoms with Gasteiger partial charge in [-0.2, -0.15) is 16.8 Å². The Kier molecular flexibility index (Phi) is 6.99. The minimum absolute atomic E-state index is 0.0251. The minimum Gasteiger partial charge on any atom is -0.374 e. The third kappa shape index (κ3) is 4.96. The molecule has 244 valence electrons. The lowest BCUT2D eigenvalue weighted by atomic mass is 9.76. The van der Waals surface area contributed by atoms with E-state index in [-0.39, 0.29) is 64.8 Å². The summed E-state index contributed by atoms with van der Waals surface area (Å²) >= 11 is 0. The predicted octanol–water partition coefficient (Wildman–Crippen LogP) is 6.24. The zero-order chi connectivity index (χ0) is 31.4. The van der Waals surface area contributed by atoms with Crippen LogP contribution in [0.25, 0.3) is 10.8 Å². The van der Waals surface area contributed by atoms with Crippen LogP contribution in [0.2, 0.25) is 0 Å². The minimum atomic E-state index is -5.00. The largest absolute Gasteiger partial charge is 0.374 e. The van der Waals surface area contributed by atoms with Crippen molar-refractivity contribution in [1.29, 1.82) is 0 Å². The summed E-state index contributed by atoms with van der Waals surface area (Å²) in [7, 11) is -9.75. The van der Waals surface area contributed by atoms with Crippen LogP contribution < -0.4 is 0 Å². The van der Waals surface area contributed by atoms with Crippen LogP contribution in [0.5, 0.6) is 0 Å². The molecule has 46 heavy (non-hydrogen) atoms. The lowest BCUT2D eigenvalue weighted by Gasteiger charge is -2.30. The topological polar surface area (TPSA) is 125 Å². The first-order valence-corrected chi connectivity index (χ1v) is 19.5. The van der Waals surface area contributed by atoms with Gasteiger partial charge in [0.25, 0.3) is 20.2 Å². The van der Waals surface area contributed by atoms with Crippen molar-refractivity contribution in [3.8, 4) is 0 Å². The lowest BCUT2D eigenvalue weighted by Crippen LogP contribution is -2.27. The molecule has 6 bridgehead atoms. The van der Waals surface area contributed by atoms with E-state index in [0.29, 0.717) is 29.4 Å². The summed E-state index contributed by atoms with van der Waals surface area (Å²) in [4.78, 5) is 0.0251. The van der Waals surface area contributed by atoms with Crippen molar-refractivity contribution in [3.63, 3.8) is 0 Å². The van der Waals surface area contributed by atoms with E-state index in [1.54, 1.807) is 18.2 Å². The van der Waals surface area contributed by atoms with Gasteiger partial charge in [-0.3, -0.25) is 4.55 Å². The average Bonchev–Trinajstić information content (AvgIpc) is 3.91. The van der Waals surface area contributed by atoms with Gasteiger partial charge in [-0.05, 0) is 91.3 Å². The van der Waals surface area contributed by atoms with Crippen LogP contribution in [0.4, 0.5) is 0 Å². The van der Waals surface area contributed by atoms with Crippen LogP contribution in [0.15, 0.2) is 59.5 Å². The Balaban J connectivity index is 1.20. The summed E-state index contributed by atoms with van der Waals surface area (Å²) in [6.45, 7) is 0. The van der Waals surface area contributed by atoms with Gasteiger partial charge < -0.3 is 14.2 Å². The van der Waals surface area contributed by atoms with Gasteiger partial charge in [-0.15, -0.1) is 0 Å². The Morgan fingerprint density at radius 2 is 1.17 bits per heavy atom. The summed E-state index contributed by atoms with van der Waals surface area (Å²) in [5.41, 5.74) is 0.252. The molecule has 6 saturated heterocycles. The van der Waals surface area contributed by atoms with E-state index >= 15 is 0 Å². The van der Waals surface area contributed by atoms with Crippen molar-refractivity contribution < 1.29 is 39.8 Å². The zero-order valence-electron chi connectivity index (χ0n) is 25.4. The van der Waals surface area contributed by atoms with E-state index in [0.717, 1.165) is 55.9 Å². The summed E-state index contributed by atoms with van der Waals surface area (Å²) in [6.07, 6.45) is 8.13. The molecule has 0 radical (unpaired) electrons. The van der Waals surface area contributed by atoms with Crippen molar-refractivity contribution >= 4 is 31.0 Å². The van der Waals surface area contributed by atoms with Crippen LogP contribution in [-0.4, -0.2) is 58.0 Å². The van der Waals surface area contributed by atoms with Gasteiger partial charge in [0.05, 0.1) is 36.6 Å². The zero-order valence-corrected chi connectivity index (χ0v) is 27.0. The normalized spacial score (nSPS) is 35.5. The van der Waals surface area contributed by atoms with E-state index in [2.05, 4.69) is 0 Å². The van der Waals surface area contributed by atoms with Crippen molar-refractivity contribution in [1.82, 2.24) is 0 Å². The van der Waals surface area contributed by atoms with Gasteiger partial charge in [-0.25, -0.2) is 4.18 Å². The molecule has 6 heterocycles. The molecule has 0 spiro atoms. The van der Waals surface area contributed by atoms with Crippen LogP contribution >= 0.6 is 0 Å². The van der Waals surface area contributed by atoms with E-state index in [1.165, 1.54) is 6.07 Å². The molecule has 11 heteroatoms. The number of ether oxygens (including phenoxy) is 3. The van der Waals surface area contributed by atoms with Gasteiger partial charge in [0.2, 0.25) is 5.44 Å². The molecular formula is C35H38O9S2. The molecular weight excluding hydrogens is 629 g/mol. The molecule has 6 aliphatic rings. The van der Waals surface area contributed by atoms with Gasteiger partial charge >= 0.3 is 0 Å². The molecule has 0 aromatic heterocycles. The molecule has 0 saturated carbocycles. The number of hydrogen-bond donors (Lipinski definition) is 1. The van der Waals surface area contributed by atoms with Crippen molar-refractivity contribution in [3.05, 3.63) is 76.9 Å². The molecule has 3 aromatic rings. The number of rotatable bonds is 8. The van der Waals surface area contributed by atoms with Crippen molar-refractivity contribution in [2.75, 3.05) is 0 Å². The second kappa shape index (κ2) is 10.8. The highest BCUT2D eigenvalue weighted by Crippen LogP contribution is 2.54. The summed E-state index contributed by atoms with van der Waals surface area (Å²) in [5, 5.41) is 1.55. The Labute approximate surface area is 269 Å².